The summed E-state index contributed by atoms with van der Waals surface area (Å²) >= 11 is 3.29. The van der Waals surface area contributed by atoms with Gasteiger partial charge in [0.2, 0.25) is 11.9 Å². The first kappa shape index (κ1) is 15.6. The largest absolute Gasteiger partial charge is 0.383 e. The van der Waals surface area contributed by atoms with Gasteiger partial charge in [0.25, 0.3) is 0 Å². The zero-order valence-electron chi connectivity index (χ0n) is 10.7. The Morgan fingerprint density at radius 1 is 1.63 bits per heavy atom. The van der Waals surface area contributed by atoms with Crippen LogP contribution in [0, 0.1) is 0 Å². The molecule has 19 heavy (non-hydrogen) atoms. The van der Waals surface area contributed by atoms with Crippen LogP contribution in [0.4, 0.5) is 11.8 Å². The fraction of sp³-hybridized carbons (Fsp3) is 0.500. The number of rotatable bonds is 7. The van der Waals surface area contributed by atoms with Crippen LogP contribution >= 0.6 is 15.9 Å². The Labute approximate surface area is 119 Å². The van der Waals surface area contributed by atoms with Crippen molar-refractivity contribution in [1.82, 2.24) is 15.3 Å². The summed E-state index contributed by atoms with van der Waals surface area (Å²) in [6.07, 6.45) is 1.54. The molecule has 1 rings (SSSR count). The Morgan fingerprint density at radius 3 is 3.00 bits per heavy atom. The molecule has 0 bridgehead atoms. The van der Waals surface area contributed by atoms with Crippen LogP contribution in [0.1, 0.15) is 6.92 Å². The quantitative estimate of drug-likeness (QED) is 0.318. The number of hydrogen-bond acceptors (Lipinski definition) is 7. The van der Waals surface area contributed by atoms with Gasteiger partial charge in [0.05, 0.1) is 11.1 Å². The molecule has 0 fully saturated rings. The molecule has 106 valence electrons. The van der Waals surface area contributed by atoms with Crippen molar-refractivity contribution in [3.05, 3.63) is 10.7 Å². The molecule has 5 N–H and O–H groups in total. The maximum absolute atomic E-state index is 11.8. The highest BCUT2D eigenvalue weighted by Crippen LogP contribution is 2.20. The molecule has 8 nitrogen and oxygen atoms in total. The predicted molar refractivity (Wildman–Crippen MR) is 75.5 cm³/mol. The summed E-state index contributed by atoms with van der Waals surface area (Å²) in [6, 6.07) is -0.450. The van der Waals surface area contributed by atoms with Crippen molar-refractivity contribution in [1.29, 1.82) is 0 Å². The second kappa shape index (κ2) is 7.87. The Morgan fingerprint density at radius 2 is 2.37 bits per heavy atom. The van der Waals surface area contributed by atoms with Crippen molar-refractivity contribution in [3.63, 3.8) is 0 Å². The Hall–Kier alpha value is -1.45. The highest BCUT2D eigenvalue weighted by molar-refractivity contribution is 9.10. The minimum absolute atomic E-state index is 0.148. The van der Waals surface area contributed by atoms with Gasteiger partial charge in [-0.25, -0.2) is 10.8 Å². The second-order valence-electron chi connectivity index (χ2n) is 3.68. The van der Waals surface area contributed by atoms with Gasteiger partial charge in [-0.05, 0) is 22.9 Å². The molecule has 1 amide bonds. The lowest BCUT2D eigenvalue weighted by Gasteiger charge is -2.15. The van der Waals surface area contributed by atoms with Crippen LogP contribution in [0.3, 0.4) is 0 Å². The monoisotopic (exact) mass is 332 g/mol. The molecule has 1 aromatic rings. The van der Waals surface area contributed by atoms with Crippen LogP contribution in [0.15, 0.2) is 10.7 Å². The number of nitrogen functional groups attached to an aromatic ring is 1. The van der Waals surface area contributed by atoms with E-state index in [-0.39, 0.29) is 11.9 Å². The minimum Gasteiger partial charge on any atom is -0.383 e. The molecule has 0 saturated heterocycles. The minimum atomic E-state index is -0.450. The second-order valence-corrected chi connectivity index (χ2v) is 4.54. The van der Waals surface area contributed by atoms with Gasteiger partial charge in [-0.2, -0.15) is 4.98 Å². The van der Waals surface area contributed by atoms with E-state index >= 15 is 0 Å². The molecular formula is C10H17BrN6O2. The number of hydrogen-bond donors (Lipinski definition) is 4. The molecule has 0 saturated carbocycles. The highest BCUT2D eigenvalue weighted by atomic mass is 79.9. The molecule has 0 aliphatic heterocycles. The van der Waals surface area contributed by atoms with E-state index in [9.17, 15) is 4.79 Å². The average molecular weight is 333 g/mol. The van der Waals surface area contributed by atoms with Crippen LogP contribution in [-0.4, -0.2) is 42.2 Å². The van der Waals surface area contributed by atoms with Crippen molar-refractivity contribution < 1.29 is 9.53 Å². The summed E-state index contributed by atoms with van der Waals surface area (Å²) in [4.78, 5) is 19.8. The number of ether oxygens (including phenoxy) is 1. The van der Waals surface area contributed by atoms with Crippen LogP contribution in [-0.2, 0) is 9.53 Å². The van der Waals surface area contributed by atoms with E-state index in [4.69, 9.17) is 10.6 Å². The molecule has 1 unspecified atom stereocenters. The molecule has 0 aromatic carbocycles. The third-order valence-electron chi connectivity index (χ3n) is 2.23. The van der Waals surface area contributed by atoms with Gasteiger partial charge < -0.3 is 15.4 Å². The van der Waals surface area contributed by atoms with Crippen LogP contribution in [0.2, 0.25) is 0 Å². The van der Waals surface area contributed by atoms with Crippen LogP contribution in [0.5, 0.6) is 0 Å². The molecule has 1 atom stereocenters. The number of carbonyl (C=O) groups excluding carboxylic acids is 1. The van der Waals surface area contributed by atoms with Gasteiger partial charge in [-0.1, -0.05) is 0 Å². The van der Waals surface area contributed by atoms with E-state index in [0.29, 0.717) is 23.4 Å². The summed E-state index contributed by atoms with van der Waals surface area (Å²) in [6.45, 7) is 2.66. The van der Waals surface area contributed by atoms with Crippen molar-refractivity contribution >= 4 is 33.6 Å². The van der Waals surface area contributed by atoms with Gasteiger partial charge in [0, 0.05) is 19.9 Å². The lowest BCUT2D eigenvalue weighted by molar-refractivity contribution is -0.121. The number of nitrogens with two attached hydrogens (primary N) is 1. The SMILES string of the molecule is COCCNC(=O)C(C)Nc1nc(NN)ncc1Br. The highest BCUT2D eigenvalue weighted by Gasteiger charge is 2.14. The van der Waals surface area contributed by atoms with E-state index in [1.807, 2.05) is 0 Å². The van der Waals surface area contributed by atoms with E-state index in [0.717, 1.165) is 0 Å². The maximum atomic E-state index is 11.8. The van der Waals surface area contributed by atoms with Gasteiger partial charge >= 0.3 is 0 Å². The zero-order valence-corrected chi connectivity index (χ0v) is 12.3. The van der Waals surface area contributed by atoms with Crippen molar-refractivity contribution in [3.8, 4) is 0 Å². The lowest BCUT2D eigenvalue weighted by atomic mass is 10.3. The van der Waals surface area contributed by atoms with Gasteiger partial charge in [0.1, 0.15) is 11.9 Å². The van der Waals surface area contributed by atoms with E-state index in [1.165, 1.54) is 0 Å². The van der Waals surface area contributed by atoms with Crippen molar-refractivity contribution in [2.75, 3.05) is 31.0 Å². The first-order chi connectivity index (χ1) is 9.08. The number of nitrogens with one attached hydrogen (secondary N) is 3. The molecular weight excluding hydrogens is 316 g/mol. The summed E-state index contributed by atoms with van der Waals surface area (Å²) in [7, 11) is 1.58. The summed E-state index contributed by atoms with van der Waals surface area (Å²) < 4.78 is 5.50. The van der Waals surface area contributed by atoms with Crippen LogP contribution in [0.25, 0.3) is 0 Å². The normalized spacial score (nSPS) is 11.8. The zero-order chi connectivity index (χ0) is 14.3. The number of amides is 1. The molecule has 0 radical (unpaired) electrons. The Balaban J connectivity index is 2.60. The smallest absolute Gasteiger partial charge is 0.242 e. The molecule has 0 aliphatic rings. The average Bonchev–Trinajstić information content (AvgIpc) is 2.41. The predicted octanol–water partition coefficient (Wildman–Crippen LogP) is 0.0877. The maximum Gasteiger partial charge on any atom is 0.242 e. The third kappa shape index (κ3) is 4.97. The molecule has 0 spiro atoms. The standard InChI is InChI=1S/C10H17BrN6O2/c1-6(9(18)13-3-4-19-2)15-8-7(11)5-14-10(16-8)17-12/h5-6H,3-4,12H2,1-2H3,(H,13,18)(H2,14,15,16,17). The number of anilines is 2. The molecule has 9 heteroatoms. The van der Waals surface area contributed by atoms with Gasteiger partial charge in [-0.15, -0.1) is 0 Å². The van der Waals surface area contributed by atoms with Crippen molar-refractivity contribution in [2.24, 2.45) is 5.84 Å². The topological polar surface area (TPSA) is 114 Å². The number of aromatic nitrogens is 2. The third-order valence-corrected chi connectivity index (χ3v) is 2.81. The van der Waals surface area contributed by atoms with Crippen molar-refractivity contribution in [2.45, 2.75) is 13.0 Å². The first-order valence-electron chi connectivity index (χ1n) is 5.60. The summed E-state index contributed by atoms with van der Waals surface area (Å²) in [5.41, 5.74) is 2.34. The fourth-order valence-electron chi connectivity index (χ4n) is 1.24. The molecule has 0 aliphatic carbocycles. The van der Waals surface area contributed by atoms with Gasteiger partial charge in [-0.3, -0.25) is 10.2 Å². The summed E-state index contributed by atoms with van der Waals surface area (Å²) in [5, 5.41) is 5.69. The number of halogens is 1. The molecule has 1 aromatic heterocycles. The Kier molecular flexibility index (Phi) is 6.46. The van der Waals surface area contributed by atoms with E-state index in [2.05, 4.69) is 42.0 Å². The van der Waals surface area contributed by atoms with E-state index < -0.39 is 6.04 Å². The van der Waals surface area contributed by atoms with Crippen LogP contribution < -0.4 is 21.9 Å². The number of hydrazine groups is 1. The number of carbonyl (C=O) groups is 1. The Bertz CT molecular complexity index is 430. The number of nitrogens with zero attached hydrogens (tertiary/aromatic N) is 2. The number of methoxy groups -OCH3 is 1. The first-order valence-corrected chi connectivity index (χ1v) is 6.40. The molecule has 1 heterocycles. The van der Waals surface area contributed by atoms with Gasteiger partial charge in [0.15, 0.2) is 0 Å². The summed E-state index contributed by atoms with van der Waals surface area (Å²) in [5.74, 6) is 5.83. The van der Waals surface area contributed by atoms with E-state index in [1.54, 1.807) is 20.2 Å². The fourth-order valence-corrected chi connectivity index (χ4v) is 1.54. The lowest BCUT2D eigenvalue weighted by Crippen LogP contribution is -2.39.